The van der Waals surface area contributed by atoms with Crippen molar-refractivity contribution in [2.24, 2.45) is 0 Å². The third kappa shape index (κ3) is 5.64. The second-order valence-corrected chi connectivity index (χ2v) is 6.92. The zero-order valence-corrected chi connectivity index (χ0v) is 16.5. The van der Waals surface area contributed by atoms with Crippen LogP contribution in [-0.2, 0) is 0 Å². The molecule has 0 saturated carbocycles. The topological polar surface area (TPSA) is 81.1 Å². The predicted molar refractivity (Wildman–Crippen MR) is 115 cm³/mol. The summed E-state index contributed by atoms with van der Waals surface area (Å²) in [6.07, 6.45) is 3.51. The molecule has 29 heavy (non-hydrogen) atoms. The number of carbonyl (C=O) groups excluding carboxylic acids is 1. The van der Waals surface area contributed by atoms with Crippen LogP contribution in [0.15, 0.2) is 67.0 Å². The molecule has 0 radical (unpaired) electrons. The van der Waals surface area contributed by atoms with Crippen LogP contribution in [0.4, 0.5) is 11.4 Å². The van der Waals surface area contributed by atoms with Gasteiger partial charge in [0, 0.05) is 36.1 Å². The minimum absolute atomic E-state index is 0.0893. The molecule has 1 amide bonds. The van der Waals surface area contributed by atoms with Crippen LogP contribution >= 0.6 is 0 Å². The number of carbonyl (C=O) groups is 1. The zero-order chi connectivity index (χ0) is 20.6. The second-order valence-electron chi connectivity index (χ2n) is 6.92. The summed E-state index contributed by atoms with van der Waals surface area (Å²) in [5, 5.41) is 15.1. The summed E-state index contributed by atoms with van der Waals surface area (Å²) in [5.74, 6) is -0.0893. The second kappa shape index (κ2) is 9.49. The first-order chi connectivity index (χ1) is 14.0. The number of hydrogen-bond donors (Lipinski definition) is 2. The van der Waals surface area contributed by atoms with Gasteiger partial charge in [-0.05, 0) is 62.1 Å². The summed E-state index contributed by atoms with van der Waals surface area (Å²) in [6.45, 7) is 1.39. The Kier molecular flexibility index (Phi) is 6.56. The molecule has 2 aromatic carbocycles. The summed E-state index contributed by atoms with van der Waals surface area (Å²) in [7, 11) is 3.94. The van der Waals surface area contributed by atoms with Crippen LogP contribution in [0, 0.1) is 11.3 Å². The van der Waals surface area contributed by atoms with Gasteiger partial charge in [0.1, 0.15) is 0 Å². The summed E-state index contributed by atoms with van der Waals surface area (Å²) < 4.78 is 0. The molecule has 3 aromatic rings. The van der Waals surface area contributed by atoms with Gasteiger partial charge in [-0.2, -0.15) is 5.26 Å². The molecule has 146 valence electrons. The maximum atomic E-state index is 12.4. The highest BCUT2D eigenvalue weighted by molar-refractivity contribution is 5.95. The van der Waals surface area contributed by atoms with Crippen molar-refractivity contribution in [3.63, 3.8) is 0 Å². The number of benzene rings is 2. The number of nitrogens with one attached hydrogen (secondary N) is 2. The summed E-state index contributed by atoms with van der Waals surface area (Å²) in [6, 6.07) is 18.8. The highest BCUT2D eigenvalue weighted by Gasteiger charge is 2.08. The normalized spacial score (nSPS) is 10.4. The number of aromatic nitrogens is 1. The first-order valence-electron chi connectivity index (χ1n) is 9.31. The monoisotopic (exact) mass is 385 g/mol. The maximum Gasteiger partial charge on any atom is 0.251 e. The number of nitriles is 1. The van der Waals surface area contributed by atoms with Crippen LogP contribution in [0.5, 0.6) is 0 Å². The fourth-order valence-corrected chi connectivity index (χ4v) is 2.80. The van der Waals surface area contributed by atoms with Crippen molar-refractivity contribution in [2.75, 3.05) is 32.5 Å². The van der Waals surface area contributed by atoms with E-state index in [4.69, 9.17) is 5.26 Å². The number of likely N-dealkylation sites (N-methyl/N-ethyl adjacent to an activating group) is 1. The lowest BCUT2D eigenvalue weighted by Gasteiger charge is -2.11. The van der Waals surface area contributed by atoms with Crippen molar-refractivity contribution in [3.05, 3.63) is 78.1 Å². The van der Waals surface area contributed by atoms with E-state index in [2.05, 4.69) is 21.7 Å². The Morgan fingerprint density at radius 1 is 1.03 bits per heavy atom. The van der Waals surface area contributed by atoms with Gasteiger partial charge in [-0.25, -0.2) is 0 Å². The van der Waals surface area contributed by atoms with Crippen LogP contribution in [0.1, 0.15) is 15.9 Å². The van der Waals surface area contributed by atoms with Gasteiger partial charge in [0.15, 0.2) is 0 Å². The summed E-state index contributed by atoms with van der Waals surface area (Å²) in [5.41, 5.74) is 4.76. The third-order valence-electron chi connectivity index (χ3n) is 4.34. The number of pyridine rings is 1. The van der Waals surface area contributed by atoms with E-state index >= 15 is 0 Å². The van der Waals surface area contributed by atoms with Crippen LogP contribution in [0.3, 0.4) is 0 Å². The Balaban J connectivity index is 1.74. The highest BCUT2D eigenvalue weighted by atomic mass is 16.1. The van der Waals surface area contributed by atoms with Gasteiger partial charge >= 0.3 is 0 Å². The molecule has 6 heteroatoms. The smallest absolute Gasteiger partial charge is 0.251 e. The van der Waals surface area contributed by atoms with Crippen molar-refractivity contribution in [2.45, 2.75) is 0 Å². The molecule has 0 aliphatic carbocycles. The average Bonchev–Trinajstić information content (AvgIpc) is 2.74. The van der Waals surface area contributed by atoms with Crippen molar-refractivity contribution in [1.82, 2.24) is 15.2 Å². The van der Waals surface area contributed by atoms with E-state index in [0.29, 0.717) is 17.7 Å². The molecule has 0 aliphatic rings. The lowest BCUT2D eigenvalue weighted by Crippen LogP contribution is -2.31. The molecule has 0 bridgehead atoms. The molecule has 1 heterocycles. The lowest BCUT2D eigenvalue weighted by molar-refractivity contribution is 0.0951. The minimum Gasteiger partial charge on any atom is -0.354 e. The average molecular weight is 385 g/mol. The Morgan fingerprint density at radius 3 is 2.55 bits per heavy atom. The quantitative estimate of drug-likeness (QED) is 0.649. The van der Waals surface area contributed by atoms with E-state index in [9.17, 15) is 4.79 Å². The molecule has 0 atom stereocenters. The van der Waals surface area contributed by atoms with Gasteiger partial charge in [-0.3, -0.25) is 9.78 Å². The highest BCUT2D eigenvalue weighted by Crippen LogP contribution is 2.24. The molecule has 0 spiro atoms. The molecule has 0 unspecified atom stereocenters. The molecule has 0 aliphatic heterocycles. The van der Waals surface area contributed by atoms with Crippen molar-refractivity contribution < 1.29 is 4.79 Å². The van der Waals surface area contributed by atoms with E-state index in [1.807, 2.05) is 55.4 Å². The Bertz CT molecular complexity index is 1020. The Morgan fingerprint density at radius 2 is 1.83 bits per heavy atom. The van der Waals surface area contributed by atoms with Gasteiger partial charge in [0.2, 0.25) is 0 Å². The summed E-state index contributed by atoms with van der Waals surface area (Å²) in [4.78, 5) is 18.7. The van der Waals surface area contributed by atoms with Crippen molar-refractivity contribution in [1.29, 1.82) is 5.26 Å². The van der Waals surface area contributed by atoms with Gasteiger partial charge in [0.25, 0.3) is 5.91 Å². The minimum atomic E-state index is -0.0893. The molecule has 0 saturated heterocycles. The molecule has 0 fully saturated rings. The maximum absolute atomic E-state index is 12.4. The number of nitrogens with zero attached hydrogens (tertiary/aromatic N) is 3. The number of hydrogen-bond acceptors (Lipinski definition) is 5. The number of rotatable bonds is 7. The van der Waals surface area contributed by atoms with Crippen molar-refractivity contribution in [3.8, 4) is 17.2 Å². The van der Waals surface area contributed by atoms with E-state index in [1.54, 1.807) is 30.6 Å². The van der Waals surface area contributed by atoms with E-state index < -0.39 is 0 Å². The van der Waals surface area contributed by atoms with Gasteiger partial charge in [-0.15, -0.1) is 0 Å². The van der Waals surface area contributed by atoms with Gasteiger partial charge in [0.05, 0.1) is 23.5 Å². The van der Waals surface area contributed by atoms with Crippen LogP contribution in [0.25, 0.3) is 11.1 Å². The lowest BCUT2D eigenvalue weighted by atomic mass is 10.0. The van der Waals surface area contributed by atoms with E-state index in [1.165, 1.54) is 0 Å². The first-order valence-corrected chi connectivity index (χ1v) is 9.31. The molecule has 6 nitrogen and oxygen atoms in total. The number of anilines is 2. The Labute approximate surface area is 170 Å². The Hall–Kier alpha value is -3.69. The number of amides is 1. The predicted octanol–water partition coefficient (Wildman–Crippen LogP) is 3.66. The van der Waals surface area contributed by atoms with Gasteiger partial charge in [-0.1, -0.05) is 12.1 Å². The van der Waals surface area contributed by atoms with Crippen LogP contribution in [-0.4, -0.2) is 43.0 Å². The molecule has 1 aromatic heterocycles. The zero-order valence-electron chi connectivity index (χ0n) is 16.5. The fourth-order valence-electron chi connectivity index (χ4n) is 2.80. The molecular formula is C23H23N5O. The van der Waals surface area contributed by atoms with E-state index in [-0.39, 0.29) is 5.91 Å². The fraction of sp³-hybridized carbons (Fsp3) is 0.174. The summed E-state index contributed by atoms with van der Waals surface area (Å²) >= 11 is 0. The standard InChI is InChI=1S/C23H23N5O/c1-28(2)11-10-26-23(29)19-5-3-4-18(12-19)20-13-22(16-25-15-20)27-21-8-6-17(14-24)7-9-21/h3-9,12-13,15-16,27H,10-11H2,1-2H3,(H,26,29). The SMILES string of the molecule is CN(C)CCNC(=O)c1cccc(-c2cncc(Nc3ccc(C#N)cc3)c2)c1. The first kappa shape index (κ1) is 20.1. The largest absolute Gasteiger partial charge is 0.354 e. The van der Waals surface area contributed by atoms with E-state index in [0.717, 1.165) is 29.0 Å². The van der Waals surface area contributed by atoms with Gasteiger partial charge < -0.3 is 15.5 Å². The molecular weight excluding hydrogens is 362 g/mol. The van der Waals surface area contributed by atoms with Crippen LogP contribution in [0.2, 0.25) is 0 Å². The van der Waals surface area contributed by atoms with Crippen molar-refractivity contribution >= 4 is 17.3 Å². The third-order valence-corrected chi connectivity index (χ3v) is 4.34. The molecule has 2 N–H and O–H groups in total. The van der Waals surface area contributed by atoms with Crippen LogP contribution < -0.4 is 10.6 Å². The molecule has 3 rings (SSSR count).